The molecule has 0 bridgehead atoms. The van der Waals surface area contributed by atoms with Crippen LogP contribution in [0.25, 0.3) is 6.08 Å². The van der Waals surface area contributed by atoms with E-state index in [4.69, 9.17) is 0 Å². The van der Waals surface area contributed by atoms with Gasteiger partial charge < -0.3 is 15.1 Å². The number of piperidine rings is 1. The Kier molecular flexibility index (Phi) is 8.03. The SMILES string of the molecule is Cc1ccc(/C=C/C(=O)N2CCC(C(=O)NCC(C)(C)CN(C)C)CC2)c(C)c1. The molecule has 0 spiro atoms. The van der Waals surface area contributed by atoms with Crippen molar-refractivity contribution in [2.24, 2.45) is 11.3 Å². The Balaban J connectivity index is 1.81. The molecule has 0 aromatic heterocycles. The lowest BCUT2D eigenvalue weighted by molar-refractivity contribution is -0.132. The zero-order chi connectivity index (χ0) is 21.6. The Morgan fingerprint density at radius 2 is 1.86 bits per heavy atom. The molecule has 1 aromatic rings. The monoisotopic (exact) mass is 399 g/mol. The van der Waals surface area contributed by atoms with Crippen LogP contribution in [0.3, 0.4) is 0 Å². The van der Waals surface area contributed by atoms with Gasteiger partial charge in [-0.25, -0.2) is 0 Å². The van der Waals surface area contributed by atoms with E-state index >= 15 is 0 Å². The van der Waals surface area contributed by atoms with Gasteiger partial charge in [0.2, 0.25) is 11.8 Å². The molecule has 0 aliphatic carbocycles. The smallest absolute Gasteiger partial charge is 0.246 e. The highest BCUT2D eigenvalue weighted by Gasteiger charge is 2.28. The van der Waals surface area contributed by atoms with E-state index in [0.717, 1.165) is 24.9 Å². The third-order valence-electron chi connectivity index (χ3n) is 5.49. The van der Waals surface area contributed by atoms with Gasteiger partial charge in [-0.3, -0.25) is 9.59 Å². The van der Waals surface area contributed by atoms with E-state index < -0.39 is 0 Å². The van der Waals surface area contributed by atoms with Gasteiger partial charge in [0.1, 0.15) is 0 Å². The first-order chi connectivity index (χ1) is 13.6. The highest BCUT2D eigenvalue weighted by atomic mass is 16.2. The molecule has 5 nitrogen and oxygen atoms in total. The number of aryl methyl sites for hydroxylation is 2. The summed E-state index contributed by atoms with van der Waals surface area (Å²) in [5, 5.41) is 3.12. The molecule has 0 radical (unpaired) electrons. The standard InChI is InChI=1S/C24H37N3O2/c1-18-7-8-20(19(2)15-18)9-10-22(28)27-13-11-21(12-14-27)23(29)25-16-24(3,4)17-26(5)6/h7-10,15,21H,11-14,16-17H2,1-6H3,(H,25,29)/b10-9+. The van der Waals surface area contributed by atoms with Crippen LogP contribution in [-0.4, -0.2) is 61.9 Å². The molecule has 1 saturated heterocycles. The molecule has 160 valence electrons. The zero-order valence-electron chi connectivity index (χ0n) is 18.9. The summed E-state index contributed by atoms with van der Waals surface area (Å²) < 4.78 is 0. The molecular formula is C24H37N3O2. The number of carbonyl (C=O) groups excluding carboxylic acids is 2. The average molecular weight is 400 g/mol. The van der Waals surface area contributed by atoms with E-state index in [0.29, 0.717) is 19.6 Å². The van der Waals surface area contributed by atoms with Gasteiger partial charge in [-0.15, -0.1) is 0 Å². The van der Waals surface area contributed by atoms with Crippen molar-refractivity contribution < 1.29 is 9.59 Å². The largest absolute Gasteiger partial charge is 0.355 e. The molecule has 1 fully saturated rings. The van der Waals surface area contributed by atoms with Gasteiger partial charge in [0, 0.05) is 38.2 Å². The summed E-state index contributed by atoms with van der Waals surface area (Å²) in [5.74, 6) is 0.142. The number of nitrogens with zero attached hydrogens (tertiary/aromatic N) is 2. The van der Waals surface area contributed by atoms with Crippen LogP contribution in [0.4, 0.5) is 0 Å². The summed E-state index contributed by atoms with van der Waals surface area (Å²) in [6, 6.07) is 6.22. The highest BCUT2D eigenvalue weighted by Crippen LogP contribution is 2.20. The predicted octanol–water partition coefficient (Wildman–Crippen LogP) is 3.26. The number of rotatable bonds is 7. The lowest BCUT2D eigenvalue weighted by atomic mass is 9.91. The van der Waals surface area contributed by atoms with Crippen molar-refractivity contribution >= 4 is 17.9 Å². The lowest BCUT2D eigenvalue weighted by Gasteiger charge is -2.32. The summed E-state index contributed by atoms with van der Waals surface area (Å²) >= 11 is 0. The lowest BCUT2D eigenvalue weighted by Crippen LogP contribution is -2.45. The Labute approximate surface area is 176 Å². The molecule has 1 aromatic carbocycles. The normalized spacial score (nSPS) is 15.9. The first kappa shape index (κ1) is 23.1. The molecule has 0 atom stereocenters. The van der Waals surface area contributed by atoms with E-state index in [1.54, 1.807) is 6.08 Å². The van der Waals surface area contributed by atoms with Crippen molar-refractivity contribution in [3.05, 3.63) is 41.0 Å². The molecule has 1 N–H and O–H groups in total. The van der Waals surface area contributed by atoms with Crippen molar-refractivity contribution in [1.82, 2.24) is 15.1 Å². The van der Waals surface area contributed by atoms with Crippen molar-refractivity contribution in [3.8, 4) is 0 Å². The van der Waals surface area contributed by atoms with Gasteiger partial charge >= 0.3 is 0 Å². The van der Waals surface area contributed by atoms with E-state index in [9.17, 15) is 9.59 Å². The second-order valence-electron chi connectivity index (χ2n) is 9.41. The third-order valence-corrected chi connectivity index (χ3v) is 5.49. The molecule has 0 unspecified atom stereocenters. The fraction of sp³-hybridized carbons (Fsp3) is 0.583. The van der Waals surface area contributed by atoms with Crippen LogP contribution >= 0.6 is 0 Å². The number of hydrogen-bond acceptors (Lipinski definition) is 3. The van der Waals surface area contributed by atoms with Crippen LogP contribution < -0.4 is 5.32 Å². The van der Waals surface area contributed by atoms with Gasteiger partial charge in [0.05, 0.1) is 0 Å². The molecule has 5 heteroatoms. The van der Waals surface area contributed by atoms with Crippen molar-refractivity contribution in [1.29, 1.82) is 0 Å². The van der Waals surface area contributed by atoms with Gasteiger partial charge in [-0.05, 0) is 63.4 Å². The summed E-state index contributed by atoms with van der Waals surface area (Å²) in [7, 11) is 4.09. The van der Waals surface area contributed by atoms with Crippen molar-refractivity contribution in [3.63, 3.8) is 0 Å². The highest BCUT2D eigenvalue weighted by molar-refractivity contribution is 5.92. The topological polar surface area (TPSA) is 52.7 Å². The number of carbonyl (C=O) groups is 2. The molecule has 1 aliphatic rings. The molecule has 29 heavy (non-hydrogen) atoms. The number of amides is 2. The minimum atomic E-state index is -0.00229. The molecule has 2 rings (SSSR count). The minimum Gasteiger partial charge on any atom is -0.355 e. The van der Waals surface area contributed by atoms with Crippen LogP contribution in [0.15, 0.2) is 24.3 Å². The van der Waals surface area contributed by atoms with E-state index in [-0.39, 0.29) is 23.1 Å². The van der Waals surface area contributed by atoms with Crippen LogP contribution in [0.5, 0.6) is 0 Å². The van der Waals surface area contributed by atoms with Gasteiger partial charge in [-0.2, -0.15) is 0 Å². The van der Waals surface area contributed by atoms with Crippen LogP contribution in [0, 0.1) is 25.2 Å². The predicted molar refractivity (Wildman–Crippen MR) is 120 cm³/mol. The van der Waals surface area contributed by atoms with Gasteiger partial charge in [-0.1, -0.05) is 37.6 Å². The Morgan fingerprint density at radius 3 is 2.45 bits per heavy atom. The average Bonchev–Trinajstić information content (AvgIpc) is 2.64. The number of likely N-dealkylation sites (tertiary alicyclic amines) is 1. The molecule has 1 heterocycles. The van der Waals surface area contributed by atoms with Crippen LogP contribution in [0.2, 0.25) is 0 Å². The Morgan fingerprint density at radius 1 is 1.21 bits per heavy atom. The Bertz CT molecular complexity index is 744. The van der Waals surface area contributed by atoms with E-state index in [1.165, 1.54) is 11.1 Å². The van der Waals surface area contributed by atoms with Crippen molar-refractivity contribution in [2.75, 3.05) is 40.3 Å². The number of hydrogen-bond donors (Lipinski definition) is 1. The molecule has 1 aliphatic heterocycles. The maximum atomic E-state index is 12.5. The maximum absolute atomic E-state index is 12.5. The molecule has 2 amide bonds. The third kappa shape index (κ3) is 7.32. The fourth-order valence-electron chi connectivity index (χ4n) is 4.02. The van der Waals surface area contributed by atoms with Crippen LogP contribution in [0.1, 0.15) is 43.4 Å². The zero-order valence-corrected chi connectivity index (χ0v) is 18.9. The Hall–Kier alpha value is -2.14. The van der Waals surface area contributed by atoms with Crippen molar-refractivity contribution in [2.45, 2.75) is 40.5 Å². The quantitative estimate of drug-likeness (QED) is 0.716. The second kappa shape index (κ2) is 10.1. The fourth-order valence-corrected chi connectivity index (χ4v) is 4.02. The van der Waals surface area contributed by atoms with E-state index in [2.05, 4.69) is 50.0 Å². The molecule has 0 saturated carbocycles. The number of benzene rings is 1. The summed E-state index contributed by atoms with van der Waals surface area (Å²) in [6.45, 7) is 11.3. The summed E-state index contributed by atoms with van der Waals surface area (Å²) in [6.07, 6.45) is 5.00. The van der Waals surface area contributed by atoms with Gasteiger partial charge in [0.15, 0.2) is 0 Å². The first-order valence-electron chi connectivity index (χ1n) is 10.5. The van der Waals surface area contributed by atoms with Gasteiger partial charge in [0.25, 0.3) is 0 Å². The second-order valence-corrected chi connectivity index (χ2v) is 9.41. The maximum Gasteiger partial charge on any atom is 0.246 e. The van der Waals surface area contributed by atoms with E-state index in [1.807, 2.05) is 31.1 Å². The van der Waals surface area contributed by atoms with Crippen LogP contribution in [-0.2, 0) is 9.59 Å². The summed E-state index contributed by atoms with van der Waals surface area (Å²) in [5.41, 5.74) is 3.49. The first-order valence-corrected chi connectivity index (χ1v) is 10.5. The minimum absolute atomic E-state index is 0.00229. The molecular weight excluding hydrogens is 362 g/mol. The number of nitrogens with one attached hydrogen (secondary N) is 1. The summed E-state index contributed by atoms with van der Waals surface area (Å²) in [4.78, 5) is 29.0.